The molecule has 1 aromatic heterocycles. The Labute approximate surface area is 81.8 Å². The Hall–Kier alpha value is -1.68. The minimum atomic E-state index is -0.0853. The van der Waals surface area contributed by atoms with Crippen LogP contribution in [-0.2, 0) is 13.7 Å². The summed E-state index contributed by atoms with van der Waals surface area (Å²) in [6.45, 7) is -0.0853. The van der Waals surface area contributed by atoms with Gasteiger partial charge in [-0.1, -0.05) is 35.5 Å². The molecule has 0 spiro atoms. The van der Waals surface area contributed by atoms with Gasteiger partial charge in [0, 0.05) is 12.6 Å². The van der Waals surface area contributed by atoms with Crippen LogP contribution in [-0.4, -0.2) is 20.1 Å². The number of aliphatic hydroxyl groups is 1. The van der Waals surface area contributed by atoms with Crippen LogP contribution >= 0.6 is 0 Å². The van der Waals surface area contributed by atoms with Gasteiger partial charge in [0.05, 0.1) is 12.3 Å². The van der Waals surface area contributed by atoms with Gasteiger partial charge in [0.1, 0.15) is 5.69 Å². The first-order chi connectivity index (χ1) is 6.83. The molecule has 0 saturated heterocycles. The van der Waals surface area contributed by atoms with Crippen molar-refractivity contribution in [1.82, 2.24) is 15.0 Å². The summed E-state index contributed by atoms with van der Waals surface area (Å²) < 4.78 is 1.67. The number of nitrogens with zero attached hydrogens (tertiary/aromatic N) is 3. The molecule has 1 N–H and O–H groups in total. The van der Waals surface area contributed by atoms with E-state index in [1.54, 1.807) is 4.68 Å². The van der Waals surface area contributed by atoms with Crippen LogP contribution in [0.1, 0.15) is 5.69 Å². The highest BCUT2D eigenvalue weighted by atomic mass is 16.3. The van der Waals surface area contributed by atoms with Gasteiger partial charge in [0.25, 0.3) is 0 Å². The minimum absolute atomic E-state index is 0.0853. The van der Waals surface area contributed by atoms with Gasteiger partial charge in [0.2, 0.25) is 0 Å². The Balaban J connectivity index is 2.55. The molecule has 0 amide bonds. The first-order valence-corrected chi connectivity index (χ1v) is 4.37. The molecular weight excluding hydrogens is 178 g/mol. The molecule has 1 heterocycles. The van der Waals surface area contributed by atoms with E-state index in [0.29, 0.717) is 5.69 Å². The number of hydrogen-bond donors (Lipinski definition) is 1. The molecule has 0 radical (unpaired) electrons. The van der Waals surface area contributed by atoms with E-state index < -0.39 is 0 Å². The highest BCUT2D eigenvalue weighted by molar-refractivity contribution is 5.61. The molecule has 0 atom stereocenters. The smallest absolute Gasteiger partial charge is 0.116 e. The fraction of sp³-hybridized carbons (Fsp3) is 0.200. The molecule has 14 heavy (non-hydrogen) atoms. The van der Waals surface area contributed by atoms with Gasteiger partial charge in [-0.2, -0.15) is 0 Å². The van der Waals surface area contributed by atoms with Crippen molar-refractivity contribution in [3.8, 4) is 11.3 Å². The summed E-state index contributed by atoms with van der Waals surface area (Å²) in [5.74, 6) is 0. The lowest BCUT2D eigenvalue weighted by Crippen LogP contribution is -1.95. The summed E-state index contributed by atoms with van der Waals surface area (Å²) in [5.41, 5.74) is 2.50. The van der Waals surface area contributed by atoms with E-state index in [1.807, 2.05) is 37.4 Å². The van der Waals surface area contributed by atoms with Crippen LogP contribution in [0.25, 0.3) is 11.3 Å². The number of hydrogen-bond acceptors (Lipinski definition) is 3. The average molecular weight is 189 g/mol. The highest BCUT2D eigenvalue weighted by Gasteiger charge is 2.10. The lowest BCUT2D eigenvalue weighted by Gasteiger charge is -2.01. The van der Waals surface area contributed by atoms with Crippen LogP contribution in [0, 0.1) is 0 Å². The van der Waals surface area contributed by atoms with Crippen molar-refractivity contribution in [2.75, 3.05) is 0 Å². The average Bonchev–Trinajstić information content (AvgIpc) is 2.61. The second-order valence-corrected chi connectivity index (χ2v) is 3.03. The molecule has 0 saturated carbocycles. The zero-order valence-corrected chi connectivity index (χ0v) is 7.88. The first-order valence-electron chi connectivity index (χ1n) is 4.37. The number of aromatic nitrogens is 3. The summed E-state index contributed by atoms with van der Waals surface area (Å²) in [6, 6.07) is 9.79. The Bertz CT molecular complexity index is 422. The van der Waals surface area contributed by atoms with Crippen LogP contribution in [0.3, 0.4) is 0 Å². The third-order valence-electron chi connectivity index (χ3n) is 2.09. The normalized spacial score (nSPS) is 10.4. The maximum absolute atomic E-state index is 9.08. The number of rotatable bonds is 2. The minimum Gasteiger partial charge on any atom is -0.390 e. The molecule has 4 nitrogen and oxygen atoms in total. The third-order valence-corrected chi connectivity index (χ3v) is 2.09. The molecule has 0 aliphatic heterocycles. The van der Waals surface area contributed by atoms with E-state index in [-0.39, 0.29) is 6.61 Å². The number of aliphatic hydroxyl groups excluding tert-OH is 1. The first kappa shape index (κ1) is 8.90. The second-order valence-electron chi connectivity index (χ2n) is 3.03. The molecule has 0 bridgehead atoms. The SMILES string of the molecule is Cn1nnc(CO)c1-c1ccccc1. The fourth-order valence-electron chi connectivity index (χ4n) is 1.46. The summed E-state index contributed by atoms with van der Waals surface area (Å²) >= 11 is 0. The van der Waals surface area contributed by atoms with Gasteiger partial charge in [-0.05, 0) is 0 Å². The van der Waals surface area contributed by atoms with Gasteiger partial charge in [0.15, 0.2) is 0 Å². The molecule has 72 valence electrons. The number of benzene rings is 1. The van der Waals surface area contributed by atoms with Crippen LogP contribution in [0.15, 0.2) is 30.3 Å². The zero-order valence-electron chi connectivity index (χ0n) is 7.88. The van der Waals surface area contributed by atoms with E-state index in [4.69, 9.17) is 5.11 Å². The molecule has 2 rings (SSSR count). The van der Waals surface area contributed by atoms with Crippen molar-refractivity contribution < 1.29 is 5.11 Å². The molecule has 0 aliphatic carbocycles. The topological polar surface area (TPSA) is 50.9 Å². The predicted octanol–water partition coefficient (Wildman–Crippen LogP) is 0.974. The van der Waals surface area contributed by atoms with Gasteiger partial charge in [-0.15, -0.1) is 5.10 Å². The molecule has 0 fully saturated rings. The van der Waals surface area contributed by atoms with Gasteiger partial charge in [-0.25, -0.2) is 4.68 Å². The monoisotopic (exact) mass is 189 g/mol. The summed E-state index contributed by atoms with van der Waals surface area (Å²) in [7, 11) is 1.81. The van der Waals surface area contributed by atoms with Crippen LogP contribution in [0.4, 0.5) is 0 Å². The Morgan fingerprint density at radius 3 is 2.64 bits per heavy atom. The van der Waals surface area contributed by atoms with Crippen LogP contribution < -0.4 is 0 Å². The molecule has 1 aromatic carbocycles. The van der Waals surface area contributed by atoms with Gasteiger partial charge >= 0.3 is 0 Å². The standard InChI is InChI=1S/C10H11N3O/c1-13-10(9(7-14)11-12-13)8-5-3-2-4-6-8/h2-6,14H,7H2,1H3. The Kier molecular flexibility index (Phi) is 2.28. The van der Waals surface area contributed by atoms with E-state index in [9.17, 15) is 0 Å². The van der Waals surface area contributed by atoms with Crippen molar-refractivity contribution in [3.63, 3.8) is 0 Å². The van der Waals surface area contributed by atoms with Gasteiger partial charge < -0.3 is 5.11 Å². The van der Waals surface area contributed by atoms with Crippen molar-refractivity contribution >= 4 is 0 Å². The lowest BCUT2D eigenvalue weighted by atomic mass is 10.1. The molecule has 4 heteroatoms. The molecule has 0 aliphatic rings. The summed E-state index contributed by atoms with van der Waals surface area (Å²) in [4.78, 5) is 0. The third kappa shape index (κ3) is 1.40. The van der Waals surface area contributed by atoms with E-state index in [1.165, 1.54) is 0 Å². The predicted molar refractivity (Wildman–Crippen MR) is 52.4 cm³/mol. The van der Waals surface area contributed by atoms with Crippen molar-refractivity contribution in [3.05, 3.63) is 36.0 Å². The fourth-order valence-corrected chi connectivity index (χ4v) is 1.46. The van der Waals surface area contributed by atoms with Crippen molar-refractivity contribution in [2.45, 2.75) is 6.61 Å². The van der Waals surface area contributed by atoms with E-state index >= 15 is 0 Å². The van der Waals surface area contributed by atoms with Crippen LogP contribution in [0.2, 0.25) is 0 Å². The zero-order chi connectivity index (χ0) is 9.97. The van der Waals surface area contributed by atoms with Gasteiger partial charge in [-0.3, -0.25) is 0 Å². The quantitative estimate of drug-likeness (QED) is 0.766. The summed E-state index contributed by atoms with van der Waals surface area (Å²) in [5, 5.41) is 16.8. The van der Waals surface area contributed by atoms with E-state index in [0.717, 1.165) is 11.3 Å². The highest BCUT2D eigenvalue weighted by Crippen LogP contribution is 2.20. The van der Waals surface area contributed by atoms with Crippen molar-refractivity contribution in [1.29, 1.82) is 0 Å². The molecule has 0 unspecified atom stereocenters. The van der Waals surface area contributed by atoms with Crippen molar-refractivity contribution in [2.24, 2.45) is 7.05 Å². The number of aryl methyl sites for hydroxylation is 1. The van der Waals surface area contributed by atoms with Crippen LogP contribution in [0.5, 0.6) is 0 Å². The molecular formula is C10H11N3O. The Morgan fingerprint density at radius 2 is 2.00 bits per heavy atom. The van der Waals surface area contributed by atoms with E-state index in [2.05, 4.69) is 10.3 Å². The maximum Gasteiger partial charge on any atom is 0.116 e. The largest absolute Gasteiger partial charge is 0.390 e. The summed E-state index contributed by atoms with van der Waals surface area (Å²) in [6.07, 6.45) is 0. The second kappa shape index (κ2) is 3.59. The Morgan fingerprint density at radius 1 is 1.29 bits per heavy atom. The molecule has 2 aromatic rings. The maximum atomic E-state index is 9.08. The lowest BCUT2D eigenvalue weighted by molar-refractivity contribution is 0.277.